The Balaban J connectivity index is 1.78. The van der Waals surface area contributed by atoms with Crippen LogP contribution in [0, 0.1) is 0 Å². The SMILES string of the molecule is COc1ccccc1CNC[C@H](O)[C@@H](N)Cc1ccccc1. The van der Waals surface area contributed by atoms with Crippen molar-refractivity contribution in [3.05, 3.63) is 65.7 Å². The molecule has 0 heterocycles. The Labute approximate surface area is 131 Å². The van der Waals surface area contributed by atoms with Gasteiger partial charge in [0.1, 0.15) is 5.75 Å². The number of aliphatic hydroxyl groups excluding tert-OH is 1. The van der Waals surface area contributed by atoms with Crippen molar-refractivity contribution in [2.24, 2.45) is 5.73 Å². The Bertz CT molecular complexity index is 560. The molecular formula is C18H24N2O2. The molecule has 0 radical (unpaired) electrons. The fourth-order valence-corrected chi connectivity index (χ4v) is 2.38. The van der Waals surface area contributed by atoms with Crippen LogP contribution in [0.2, 0.25) is 0 Å². The van der Waals surface area contributed by atoms with Crippen molar-refractivity contribution in [1.29, 1.82) is 0 Å². The zero-order valence-electron chi connectivity index (χ0n) is 12.9. The van der Waals surface area contributed by atoms with Gasteiger partial charge in [-0.2, -0.15) is 0 Å². The molecule has 0 amide bonds. The summed E-state index contributed by atoms with van der Waals surface area (Å²) in [5.74, 6) is 0.845. The van der Waals surface area contributed by atoms with Gasteiger partial charge in [0.2, 0.25) is 0 Å². The minimum absolute atomic E-state index is 0.285. The van der Waals surface area contributed by atoms with Crippen LogP contribution in [0.5, 0.6) is 5.75 Å². The lowest BCUT2D eigenvalue weighted by Crippen LogP contribution is -2.43. The minimum atomic E-state index is -0.588. The smallest absolute Gasteiger partial charge is 0.123 e. The van der Waals surface area contributed by atoms with E-state index in [4.69, 9.17) is 10.5 Å². The van der Waals surface area contributed by atoms with Crippen molar-refractivity contribution in [3.8, 4) is 5.75 Å². The average Bonchev–Trinajstić information content (AvgIpc) is 2.56. The number of rotatable bonds is 8. The van der Waals surface area contributed by atoms with E-state index in [0.29, 0.717) is 19.5 Å². The quantitative estimate of drug-likeness (QED) is 0.694. The van der Waals surface area contributed by atoms with Gasteiger partial charge in [-0.05, 0) is 18.1 Å². The highest BCUT2D eigenvalue weighted by molar-refractivity contribution is 5.32. The molecule has 0 aliphatic carbocycles. The number of ether oxygens (including phenoxy) is 1. The summed E-state index contributed by atoms with van der Waals surface area (Å²) in [4.78, 5) is 0. The number of hydrogen-bond acceptors (Lipinski definition) is 4. The van der Waals surface area contributed by atoms with Gasteiger partial charge in [0.25, 0.3) is 0 Å². The highest BCUT2D eigenvalue weighted by Crippen LogP contribution is 2.16. The predicted molar refractivity (Wildman–Crippen MR) is 88.8 cm³/mol. The molecule has 4 nitrogen and oxygen atoms in total. The normalized spacial score (nSPS) is 13.6. The third-order valence-electron chi connectivity index (χ3n) is 3.67. The van der Waals surface area contributed by atoms with E-state index in [0.717, 1.165) is 16.9 Å². The van der Waals surface area contributed by atoms with Crippen LogP contribution in [-0.4, -0.2) is 30.9 Å². The van der Waals surface area contributed by atoms with Crippen LogP contribution in [0.15, 0.2) is 54.6 Å². The molecule has 2 rings (SSSR count). The number of nitrogens with one attached hydrogen (secondary N) is 1. The Kier molecular flexibility index (Phi) is 6.40. The van der Waals surface area contributed by atoms with E-state index in [1.165, 1.54) is 0 Å². The number of nitrogens with two attached hydrogens (primary N) is 1. The molecule has 0 unspecified atom stereocenters. The lowest BCUT2D eigenvalue weighted by atomic mass is 10.0. The highest BCUT2D eigenvalue weighted by atomic mass is 16.5. The van der Waals surface area contributed by atoms with Crippen molar-refractivity contribution in [2.75, 3.05) is 13.7 Å². The molecule has 0 aromatic heterocycles. The summed E-state index contributed by atoms with van der Waals surface area (Å²) in [6.45, 7) is 1.09. The van der Waals surface area contributed by atoms with Crippen LogP contribution < -0.4 is 15.8 Å². The summed E-state index contributed by atoms with van der Waals surface area (Å²) in [5.41, 5.74) is 8.27. The average molecular weight is 300 g/mol. The van der Waals surface area contributed by atoms with Crippen LogP contribution in [-0.2, 0) is 13.0 Å². The Morgan fingerprint density at radius 1 is 1.09 bits per heavy atom. The van der Waals surface area contributed by atoms with Crippen molar-refractivity contribution in [1.82, 2.24) is 5.32 Å². The Morgan fingerprint density at radius 3 is 2.50 bits per heavy atom. The molecule has 22 heavy (non-hydrogen) atoms. The number of hydrogen-bond donors (Lipinski definition) is 3. The largest absolute Gasteiger partial charge is 0.496 e. The van der Waals surface area contributed by atoms with Gasteiger partial charge >= 0.3 is 0 Å². The first-order chi connectivity index (χ1) is 10.7. The molecule has 0 saturated carbocycles. The van der Waals surface area contributed by atoms with Gasteiger partial charge in [0, 0.05) is 24.7 Å². The van der Waals surface area contributed by atoms with Gasteiger partial charge in [0.05, 0.1) is 13.2 Å². The van der Waals surface area contributed by atoms with Crippen LogP contribution in [0.1, 0.15) is 11.1 Å². The van der Waals surface area contributed by atoms with Crippen LogP contribution in [0.25, 0.3) is 0 Å². The van der Waals surface area contributed by atoms with Crippen molar-refractivity contribution in [3.63, 3.8) is 0 Å². The van der Waals surface area contributed by atoms with E-state index in [-0.39, 0.29) is 6.04 Å². The molecule has 0 fully saturated rings. The van der Waals surface area contributed by atoms with Crippen LogP contribution >= 0.6 is 0 Å². The van der Waals surface area contributed by atoms with Gasteiger partial charge in [-0.3, -0.25) is 0 Å². The van der Waals surface area contributed by atoms with E-state index in [1.54, 1.807) is 7.11 Å². The minimum Gasteiger partial charge on any atom is -0.496 e. The second-order valence-corrected chi connectivity index (χ2v) is 5.36. The molecule has 0 aliphatic rings. The van der Waals surface area contributed by atoms with Crippen LogP contribution in [0.3, 0.4) is 0 Å². The maximum Gasteiger partial charge on any atom is 0.123 e. The summed E-state index contributed by atoms with van der Waals surface area (Å²) in [6, 6.07) is 17.5. The number of para-hydroxylation sites is 1. The van der Waals surface area contributed by atoms with Crippen molar-refractivity contribution >= 4 is 0 Å². The molecule has 0 saturated heterocycles. The summed E-state index contributed by atoms with van der Waals surface area (Å²) in [7, 11) is 1.66. The van der Waals surface area contributed by atoms with Crippen molar-refractivity contribution in [2.45, 2.75) is 25.1 Å². The molecule has 0 bridgehead atoms. The molecule has 2 aromatic carbocycles. The van der Waals surface area contributed by atoms with E-state index in [2.05, 4.69) is 5.32 Å². The maximum absolute atomic E-state index is 10.2. The molecule has 2 aromatic rings. The topological polar surface area (TPSA) is 67.5 Å². The molecule has 118 valence electrons. The monoisotopic (exact) mass is 300 g/mol. The van der Waals surface area contributed by atoms with E-state index >= 15 is 0 Å². The number of aliphatic hydroxyl groups is 1. The van der Waals surface area contributed by atoms with E-state index < -0.39 is 6.10 Å². The van der Waals surface area contributed by atoms with Crippen molar-refractivity contribution < 1.29 is 9.84 Å². The predicted octanol–water partition coefficient (Wildman–Crippen LogP) is 1.72. The zero-order chi connectivity index (χ0) is 15.8. The highest BCUT2D eigenvalue weighted by Gasteiger charge is 2.15. The van der Waals surface area contributed by atoms with Gasteiger partial charge in [-0.15, -0.1) is 0 Å². The molecule has 0 spiro atoms. The molecular weight excluding hydrogens is 276 g/mol. The van der Waals surface area contributed by atoms with E-state index in [1.807, 2.05) is 54.6 Å². The fraction of sp³-hybridized carbons (Fsp3) is 0.333. The summed E-state index contributed by atoms with van der Waals surface area (Å²) >= 11 is 0. The van der Waals surface area contributed by atoms with Gasteiger partial charge < -0.3 is 20.9 Å². The lowest BCUT2D eigenvalue weighted by molar-refractivity contribution is 0.141. The summed E-state index contributed by atoms with van der Waals surface area (Å²) in [6.07, 6.45) is 0.0770. The first-order valence-electron chi connectivity index (χ1n) is 7.51. The third kappa shape index (κ3) is 4.84. The lowest BCUT2D eigenvalue weighted by Gasteiger charge is -2.20. The molecule has 4 heteroatoms. The summed E-state index contributed by atoms with van der Waals surface area (Å²) < 4.78 is 5.30. The molecule has 2 atom stereocenters. The maximum atomic E-state index is 10.2. The Hall–Kier alpha value is -1.88. The van der Waals surface area contributed by atoms with Crippen LogP contribution in [0.4, 0.5) is 0 Å². The zero-order valence-corrected chi connectivity index (χ0v) is 12.9. The fourth-order valence-electron chi connectivity index (χ4n) is 2.38. The Morgan fingerprint density at radius 2 is 1.77 bits per heavy atom. The first-order valence-corrected chi connectivity index (χ1v) is 7.51. The number of methoxy groups -OCH3 is 1. The third-order valence-corrected chi connectivity index (χ3v) is 3.67. The van der Waals surface area contributed by atoms with Gasteiger partial charge in [-0.1, -0.05) is 48.5 Å². The van der Waals surface area contributed by atoms with Gasteiger partial charge in [0.15, 0.2) is 0 Å². The number of benzene rings is 2. The summed E-state index contributed by atoms with van der Waals surface area (Å²) in [5, 5.41) is 13.4. The van der Waals surface area contributed by atoms with Gasteiger partial charge in [-0.25, -0.2) is 0 Å². The first kappa shape index (κ1) is 16.5. The molecule has 4 N–H and O–H groups in total. The van der Waals surface area contributed by atoms with E-state index in [9.17, 15) is 5.11 Å². The second kappa shape index (κ2) is 8.54. The molecule has 0 aliphatic heterocycles. The second-order valence-electron chi connectivity index (χ2n) is 5.36. The standard InChI is InChI=1S/C18H24N2O2/c1-22-18-10-6-5-9-15(18)12-20-13-17(21)16(19)11-14-7-3-2-4-8-14/h2-10,16-17,20-21H,11-13,19H2,1H3/t16-,17-/m0/s1.